The Kier molecular flexibility index (Phi) is 3.53. The SMILES string of the molecule is OC(Cc1c(F)cccc1F)c1ccccc1C1CC1. The molecular formula is C17H16F2O. The summed E-state index contributed by atoms with van der Waals surface area (Å²) in [6.45, 7) is 0. The normalized spacial score (nSPS) is 16.1. The Bertz CT molecular complexity index is 600. The highest BCUT2D eigenvalue weighted by molar-refractivity contribution is 5.36. The topological polar surface area (TPSA) is 20.2 Å². The monoisotopic (exact) mass is 274 g/mol. The fraction of sp³-hybridized carbons (Fsp3) is 0.294. The summed E-state index contributed by atoms with van der Waals surface area (Å²) in [5.74, 6) is -0.716. The highest BCUT2D eigenvalue weighted by atomic mass is 19.1. The first-order chi connectivity index (χ1) is 9.66. The fourth-order valence-electron chi connectivity index (χ4n) is 2.61. The zero-order valence-corrected chi connectivity index (χ0v) is 11.0. The second-order valence-corrected chi connectivity index (χ2v) is 5.32. The zero-order chi connectivity index (χ0) is 14.1. The molecule has 2 aromatic rings. The van der Waals surface area contributed by atoms with Crippen molar-refractivity contribution in [2.24, 2.45) is 0 Å². The Balaban J connectivity index is 1.88. The molecule has 1 N–H and O–H groups in total. The van der Waals surface area contributed by atoms with Gasteiger partial charge >= 0.3 is 0 Å². The number of aliphatic hydroxyl groups excluding tert-OH is 1. The molecule has 20 heavy (non-hydrogen) atoms. The summed E-state index contributed by atoms with van der Waals surface area (Å²) in [4.78, 5) is 0. The Morgan fingerprint density at radius 1 is 1.00 bits per heavy atom. The average Bonchev–Trinajstić information content (AvgIpc) is 3.27. The molecule has 0 saturated heterocycles. The lowest BCUT2D eigenvalue weighted by Crippen LogP contribution is -2.08. The van der Waals surface area contributed by atoms with E-state index in [4.69, 9.17) is 0 Å². The van der Waals surface area contributed by atoms with Crippen LogP contribution in [0.15, 0.2) is 42.5 Å². The number of halogens is 2. The Morgan fingerprint density at radius 2 is 1.65 bits per heavy atom. The van der Waals surface area contributed by atoms with Gasteiger partial charge in [-0.1, -0.05) is 30.3 Å². The van der Waals surface area contributed by atoms with E-state index >= 15 is 0 Å². The van der Waals surface area contributed by atoms with E-state index in [1.807, 2.05) is 24.3 Å². The van der Waals surface area contributed by atoms with Crippen molar-refractivity contribution in [2.75, 3.05) is 0 Å². The van der Waals surface area contributed by atoms with Crippen molar-refractivity contribution in [1.29, 1.82) is 0 Å². The van der Waals surface area contributed by atoms with Gasteiger partial charge in [0.2, 0.25) is 0 Å². The molecule has 2 aromatic carbocycles. The van der Waals surface area contributed by atoms with E-state index < -0.39 is 17.7 Å². The van der Waals surface area contributed by atoms with E-state index in [0.717, 1.165) is 24.0 Å². The molecule has 1 atom stereocenters. The van der Waals surface area contributed by atoms with Gasteiger partial charge in [-0.3, -0.25) is 0 Å². The Labute approximate surface area is 116 Å². The second kappa shape index (κ2) is 5.33. The van der Waals surface area contributed by atoms with Crippen LogP contribution >= 0.6 is 0 Å². The number of hydrogen-bond donors (Lipinski definition) is 1. The first kappa shape index (κ1) is 13.3. The number of benzene rings is 2. The lowest BCUT2D eigenvalue weighted by Gasteiger charge is -2.16. The molecule has 0 aliphatic heterocycles. The molecule has 1 aliphatic rings. The Hall–Kier alpha value is -1.74. The van der Waals surface area contributed by atoms with Crippen molar-refractivity contribution in [3.8, 4) is 0 Å². The third kappa shape index (κ3) is 2.59. The fourth-order valence-corrected chi connectivity index (χ4v) is 2.61. The maximum Gasteiger partial charge on any atom is 0.129 e. The van der Waals surface area contributed by atoms with E-state index in [1.54, 1.807) is 0 Å². The van der Waals surface area contributed by atoms with Crippen LogP contribution in [-0.2, 0) is 6.42 Å². The molecule has 0 aromatic heterocycles. The van der Waals surface area contributed by atoms with Gasteiger partial charge in [-0.25, -0.2) is 8.78 Å². The molecule has 0 bridgehead atoms. The van der Waals surface area contributed by atoms with Crippen LogP contribution in [-0.4, -0.2) is 5.11 Å². The van der Waals surface area contributed by atoms with Crippen LogP contribution in [0.1, 0.15) is 41.6 Å². The summed E-state index contributed by atoms with van der Waals surface area (Å²) in [6, 6.07) is 11.4. The quantitative estimate of drug-likeness (QED) is 0.889. The van der Waals surface area contributed by atoms with Crippen molar-refractivity contribution in [3.05, 3.63) is 70.8 Å². The van der Waals surface area contributed by atoms with Gasteiger partial charge in [-0.05, 0) is 42.0 Å². The van der Waals surface area contributed by atoms with E-state index in [2.05, 4.69) is 0 Å². The van der Waals surface area contributed by atoms with E-state index in [9.17, 15) is 13.9 Å². The van der Waals surface area contributed by atoms with Crippen LogP contribution < -0.4 is 0 Å². The van der Waals surface area contributed by atoms with Crippen LogP contribution in [0, 0.1) is 11.6 Å². The minimum Gasteiger partial charge on any atom is -0.388 e. The van der Waals surface area contributed by atoms with Crippen LogP contribution in [0.25, 0.3) is 0 Å². The van der Waals surface area contributed by atoms with Crippen LogP contribution in [0.5, 0.6) is 0 Å². The van der Waals surface area contributed by atoms with Crippen molar-refractivity contribution >= 4 is 0 Å². The van der Waals surface area contributed by atoms with Gasteiger partial charge in [0.1, 0.15) is 11.6 Å². The largest absolute Gasteiger partial charge is 0.388 e. The molecule has 0 amide bonds. The summed E-state index contributed by atoms with van der Waals surface area (Å²) >= 11 is 0. The first-order valence-corrected chi connectivity index (χ1v) is 6.86. The van der Waals surface area contributed by atoms with Crippen molar-refractivity contribution < 1.29 is 13.9 Å². The van der Waals surface area contributed by atoms with E-state index in [0.29, 0.717) is 5.92 Å². The lowest BCUT2D eigenvalue weighted by molar-refractivity contribution is 0.174. The summed E-state index contributed by atoms with van der Waals surface area (Å²) in [5, 5.41) is 10.3. The molecule has 104 valence electrons. The molecule has 1 fully saturated rings. The van der Waals surface area contributed by atoms with E-state index in [-0.39, 0.29) is 12.0 Å². The molecule has 0 spiro atoms. The second-order valence-electron chi connectivity index (χ2n) is 5.32. The highest BCUT2D eigenvalue weighted by Gasteiger charge is 2.28. The van der Waals surface area contributed by atoms with Gasteiger partial charge in [-0.2, -0.15) is 0 Å². The minimum atomic E-state index is -0.877. The van der Waals surface area contributed by atoms with Crippen molar-refractivity contribution in [2.45, 2.75) is 31.3 Å². The Morgan fingerprint density at radius 3 is 2.30 bits per heavy atom. The van der Waals surface area contributed by atoms with Crippen LogP contribution in [0.3, 0.4) is 0 Å². The molecule has 3 rings (SSSR count). The van der Waals surface area contributed by atoms with Gasteiger partial charge in [0.05, 0.1) is 6.10 Å². The molecule has 3 heteroatoms. The molecular weight excluding hydrogens is 258 g/mol. The van der Waals surface area contributed by atoms with Gasteiger partial charge in [0.15, 0.2) is 0 Å². The highest BCUT2D eigenvalue weighted by Crippen LogP contribution is 2.43. The minimum absolute atomic E-state index is 0.0394. The van der Waals surface area contributed by atoms with Gasteiger partial charge in [-0.15, -0.1) is 0 Å². The third-order valence-corrected chi connectivity index (χ3v) is 3.83. The summed E-state index contributed by atoms with van der Waals surface area (Å²) < 4.78 is 27.3. The maximum atomic E-state index is 13.6. The molecule has 1 nitrogen and oxygen atoms in total. The molecule has 1 unspecified atom stereocenters. The summed E-state index contributed by atoms with van der Waals surface area (Å²) in [7, 11) is 0. The maximum absolute atomic E-state index is 13.6. The van der Waals surface area contributed by atoms with E-state index in [1.165, 1.54) is 18.2 Å². The summed E-state index contributed by atoms with van der Waals surface area (Å²) in [5.41, 5.74) is 1.85. The van der Waals surface area contributed by atoms with Crippen molar-refractivity contribution in [1.82, 2.24) is 0 Å². The van der Waals surface area contributed by atoms with Crippen molar-refractivity contribution in [3.63, 3.8) is 0 Å². The van der Waals surface area contributed by atoms with Gasteiger partial charge < -0.3 is 5.11 Å². The number of rotatable bonds is 4. The number of aliphatic hydroxyl groups is 1. The third-order valence-electron chi connectivity index (χ3n) is 3.83. The predicted molar refractivity (Wildman–Crippen MR) is 73.4 cm³/mol. The molecule has 0 radical (unpaired) electrons. The number of hydrogen-bond acceptors (Lipinski definition) is 1. The smallest absolute Gasteiger partial charge is 0.129 e. The standard InChI is InChI=1S/C17H16F2O/c18-15-6-3-7-16(19)14(15)10-17(20)13-5-2-1-4-12(13)11-8-9-11/h1-7,11,17,20H,8-10H2. The first-order valence-electron chi connectivity index (χ1n) is 6.86. The molecule has 1 saturated carbocycles. The zero-order valence-electron chi connectivity index (χ0n) is 11.0. The molecule has 0 heterocycles. The summed E-state index contributed by atoms with van der Waals surface area (Å²) in [6.07, 6.45) is 1.33. The average molecular weight is 274 g/mol. The predicted octanol–water partition coefficient (Wildman–Crippen LogP) is 4.12. The van der Waals surface area contributed by atoms with Crippen LogP contribution in [0.4, 0.5) is 8.78 Å². The van der Waals surface area contributed by atoms with Crippen LogP contribution in [0.2, 0.25) is 0 Å². The molecule has 1 aliphatic carbocycles. The van der Waals surface area contributed by atoms with Gasteiger partial charge in [0.25, 0.3) is 0 Å². The lowest BCUT2D eigenvalue weighted by atomic mass is 9.94. The van der Waals surface area contributed by atoms with Gasteiger partial charge in [0, 0.05) is 12.0 Å².